The second-order valence-corrected chi connectivity index (χ2v) is 3.05. The molecule has 1 unspecified atom stereocenters. The Balaban J connectivity index is 2.60. The maximum absolute atomic E-state index is 8.77. The molecule has 1 aromatic rings. The van der Waals surface area contributed by atoms with Crippen LogP contribution in [-0.2, 0) is 0 Å². The van der Waals surface area contributed by atoms with Crippen LogP contribution in [0.2, 0.25) is 0 Å². The van der Waals surface area contributed by atoms with Gasteiger partial charge >= 0.3 is 0 Å². The molecule has 0 aliphatic heterocycles. The third kappa shape index (κ3) is 3.47. The van der Waals surface area contributed by atoms with Crippen molar-refractivity contribution in [1.82, 2.24) is 4.98 Å². The highest BCUT2D eigenvalue weighted by atomic mass is 16.5. The zero-order valence-electron chi connectivity index (χ0n) is 9.03. The summed E-state index contributed by atoms with van der Waals surface area (Å²) in [5.74, 6) is 0.605. The second kappa shape index (κ2) is 5.86. The minimum Gasteiger partial charge on any atom is -0.478 e. The van der Waals surface area contributed by atoms with E-state index in [2.05, 4.69) is 16.4 Å². The van der Waals surface area contributed by atoms with E-state index in [-0.39, 0.29) is 6.04 Å². The molecular formula is C11H15N3O. The van der Waals surface area contributed by atoms with Gasteiger partial charge in [-0.25, -0.2) is 4.98 Å². The number of anilines is 1. The molecule has 80 valence electrons. The molecule has 4 heteroatoms. The molecule has 0 bridgehead atoms. The van der Waals surface area contributed by atoms with Gasteiger partial charge < -0.3 is 10.1 Å². The molecule has 15 heavy (non-hydrogen) atoms. The molecule has 0 amide bonds. The van der Waals surface area contributed by atoms with Crippen molar-refractivity contribution in [3.05, 3.63) is 18.3 Å². The van der Waals surface area contributed by atoms with Gasteiger partial charge in [0, 0.05) is 6.07 Å². The van der Waals surface area contributed by atoms with Crippen LogP contribution in [0.3, 0.4) is 0 Å². The highest BCUT2D eigenvalue weighted by molar-refractivity contribution is 5.44. The van der Waals surface area contributed by atoms with Crippen LogP contribution in [0.5, 0.6) is 5.88 Å². The van der Waals surface area contributed by atoms with Gasteiger partial charge in [-0.3, -0.25) is 0 Å². The predicted molar refractivity (Wildman–Crippen MR) is 58.7 cm³/mol. The first kappa shape index (κ1) is 11.3. The first-order valence-corrected chi connectivity index (χ1v) is 5.05. The van der Waals surface area contributed by atoms with Gasteiger partial charge in [0.25, 0.3) is 0 Å². The molecule has 0 aromatic carbocycles. The first-order valence-electron chi connectivity index (χ1n) is 5.05. The molecule has 0 fully saturated rings. The van der Waals surface area contributed by atoms with Crippen molar-refractivity contribution in [2.24, 2.45) is 0 Å². The van der Waals surface area contributed by atoms with Crippen LogP contribution < -0.4 is 10.1 Å². The summed E-state index contributed by atoms with van der Waals surface area (Å²) < 4.78 is 5.21. The standard InChI is InChI=1S/C11H15N3O/c1-3-9(7-12)14-10-5-6-11(13-8-10)15-4-2/h5-6,8-9,14H,3-4H2,1-2H3. The van der Waals surface area contributed by atoms with Crippen molar-refractivity contribution in [2.75, 3.05) is 11.9 Å². The van der Waals surface area contributed by atoms with E-state index in [0.717, 1.165) is 12.1 Å². The van der Waals surface area contributed by atoms with Crippen LogP contribution in [0.25, 0.3) is 0 Å². The summed E-state index contributed by atoms with van der Waals surface area (Å²) in [5, 5.41) is 11.8. The van der Waals surface area contributed by atoms with Crippen LogP contribution in [0.1, 0.15) is 20.3 Å². The minimum atomic E-state index is -0.162. The molecular weight excluding hydrogens is 190 g/mol. The topological polar surface area (TPSA) is 57.9 Å². The molecule has 1 aromatic heterocycles. The number of hydrogen-bond acceptors (Lipinski definition) is 4. The Morgan fingerprint density at radius 2 is 2.33 bits per heavy atom. The average Bonchev–Trinajstić information content (AvgIpc) is 2.28. The van der Waals surface area contributed by atoms with Crippen LogP contribution in [0.15, 0.2) is 18.3 Å². The molecule has 4 nitrogen and oxygen atoms in total. The number of pyridine rings is 1. The molecule has 1 atom stereocenters. The van der Waals surface area contributed by atoms with Gasteiger partial charge in [0.15, 0.2) is 0 Å². The summed E-state index contributed by atoms with van der Waals surface area (Å²) in [6, 6.07) is 5.65. The number of rotatable bonds is 5. The fourth-order valence-corrected chi connectivity index (χ4v) is 1.13. The SMILES string of the molecule is CCOc1ccc(NC(C#N)CC)cn1. The summed E-state index contributed by atoms with van der Waals surface area (Å²) in [5.41, 5.74) is 0.840. The molecule has 1 rings (SSSR count). The lowest BCUT2D eigenvalue weighted by Gasteiger charge is -2.10. The fourth-order valence-electron chi connectivity index (χ4n) is 1.13. The molecule has 0 saturated carbocycles. The lowest BCUT2D eigenvalue weighted by atomic mass is 10.2. The quantitative estimate of drug-likeness (QED) is 0.800. The van der Waals surface area contributed by atoms with Crippen molar-refractivity contribution in [2.45, 2.75) is 26.3 Å². The Morgan fingerprint density at radius 1 is 1.53 bits per heavy atom. The van der Waals surface area contributed by atoms with Gasteiger partial charge in [0.2, 0.25) is 5.88 Å². The lowest BCUT2D eigenvalue weighted by molar-refractivity contribution is 0.327. The predicted octanol–water partition coefficient (Wildman–Crippen LogP) is 2.19. The summed E-state index contributed by atoms with van der Waals surface area (Å²) in [6.07, 6.45) is 2.44. The fraction of sp³-hybridized carbons (Fsp3) is 0.455. The molecule has 0 spiro atoms. The van der Waals surface area contributed by atoms with E-state index in [9.17, 15) is 0 Å². The van der Waals surface area contributed by atoms with Gasteiger partial charge in [-0.15, -0.1) is 0 Å². The Labute approximate surface area is 89.9 Å². The van der Waals surface area contributed by atoms with Crippen molar-refractivity contribution in [1.29, 1.82) is 5.26 Å². The monoisotopic (exact) mass is 205 g/mol. The highest BCUT2D eigenvalue weighted by Gasteiger charge is 2.03. The molecule has 0 aliphatic carbocycles. The Kier molecular flexibility index (Phi) is 4.42. The summed E-state index contributed by atoms with van der Waals surface area (Å²) in [7, 11) is 0. The van der Waals surface area contributed by atoms with Crippen molar-refractivity contribution in [3.63, 3.8) is 0 Å². The second-order valence-electron chi connectivity index (χ2n) is 3.05. The molecule has 1 N–H and O–H groups in total. The van der Waals surface area contributed by atoms with Crippen LogP contribution in [0.4, 0.5) is 5.69 Å². The molecule has 1 heterocycles. The van der Waals surface area contributed by atoms with E-state index in [1.165, 1.54) is 0 Å². The zero-order valence-corrected chi connectivity index (χ0v) is 9.03. The minimum absolute atomic E-state index is 0.162. The number of aromatic nitrogens is 1. The van der Waals surface area contributed by atoms with Gasteiger partial charge in [0.05, 0.1) is 24.6 Å². The van der Waals surface area contributed by atoms with Crippen molar-refractivity contribution < 1.29 is 4.74 Å². The van der Waals surface area contributed by atoms with Crippen LogP contribution >= 0.6 is 0 Å². The Bertz CT molecular complexity index is 329. The molecule has 0 saturated heterocycles. The normalized spacial score (nSPS) is 11.5. The van der Waals surface area contributed by atoms with E-state index in [1.807, 2.05) is 19.9 Å². The third-order valence-electron chi connectivity index (χ3n) is 1.93. The lowest BCUT2D eigenvalue weighted by Crippen LogP contribution is -2.15. The number of nitriles is 1. The van der Waals surface area contributed by atoms with E-state index in [4.69, 9.17) is 10.00 Å². The Hall–Kier alpha value is -1.76. The van der Waals surface area contributed by atoms with Gasteiger partial charge in [-0.2, -0.15) is 5.26 Å². The van der Waals surface area contributed by atoms with E-state index in [1.54, 1.807) is 12.3 Å². The maximum atomic E-state index is 8.77. The smallest absolute Gasteiger partial charge is 0.213 e. The van der Waals surface area contributed by atoms with Gasteiger partial charge in [-0.1, -0.05) is 6.92 Å². The number of ether oxygens (including phenoxy) is 1. The summed E-state index contributed by atoms with van der Waals surface area (Å²) >= 11 is 0. The molecule has 0 radical (unpaired) electrons. The third-order valence-corrected chi connectivity index (χ3v) is 1.93. The van der Waals surface area contributed by atoms with E-state index >= 15 is 0 Å². The maximum Gasteiger partial charge on any atom is 0.213 e. The van der Waals surface area contributed by atoms with E-state index < -0.39 is 0 Å². The highest BCUT2D eigenvalue weighted by Crippen LogP contribution is 2.12. The summed E-state index contributed by atoms with van der Waals surface area (Å²) in [4.78, 5) is 4.10. The van der Waals surface area contributed by atoms with Crippen molar-refractivity contribution in [3.8, 4) is 11.9 Å². The number of nitrogens with zero attached hydrogens (tertiary/aromatic N) is 2. The number of nitrogens with one attached hydrogen (secondary N) is 1. The summed E-state index contributed by atoms with van der Waals surface area (Å²) in [6.45, 7) is 4.48. The van der Waals surface area contributed by atoms with Gasteiger partial charge in [-0.05, 0) is 19.4 Å². The zero-order chi connectivity index (χ0) is 11.1. The van der Waals surface area contributed by atoms with Crippen molar-refractivity contribution >= 4 is 5.69 Å². The largest absolute Gasteiger partial charge is 0.478 e. The van der Waals surface area contributed by atoms with Crippen LogP contribution in [-0.4, -0.2) is 17.6 Å². The first-order chi connectivity index (χ1) is 7.30. The number of hydrogen-bond donors (Lipinski definition) is 1. The molecule has 0 aliphatic rings. The Morgan fingerprint density at radius 3 is 2.80 bits per heavy atom. The average molecular weight is 205 g/mol. The van der Waals surface area contributed by atoms with Gasteiger partial charge in [0.1, 0.15) is 6.04 Å². The van der Waals surface area contributed by atoms with Crippen LogP contribution in [0, 0.1) is 11.3 Å². The van der Waals surface area contributed by atoms with E-state index in [0.29, 0.717) is 12.5 Å².